The number of benzene rings is 1. The van der Waals surface area contributed by atoms with Crippen molar-refractivity contribution in [3.63, 3.8) is 0 Å². The first kappa shape index (κ1) is 7.47. The lowest BCUT2D eigenvalue weighted by Crippen LogP contribution is -2.12. The molecule has 2 nitrogen and oxygen atoms in total. The highest BCUT2D eigenvalue weighted by Gasteiger charge is 2.15. The van der Waals surface area contributed by atoms with E-state index in [0.29, 0.717) is 0 Å². The van der Waals surface area contributed by atoms with E-state index in [-0.39, 0.29) is 0 Å². The van der Waals surface area contributed by atoms with Gasteiger partial charge in [0.15, 0.2) is 0 Å². The molecule has 2 heteroatoms. The Hall–Kier alpha value is -1.18. The molecule has 1 aliphatic rings. The van der Waals surface area contributed by atoms with Gasteiger partial charge in [-0.15, -0.1) is 0 Å². The van der Waals surface area contributed by atoms with E-state index < -0.39 is 0 Å². The van der Waals surface area contributed by atoms with Crippen LogP contribution >= 0.6 is 0 Å². The molecule has 0 saturated heterocycles. The molecule has 0 spiro atoms. The number of likely N-dealkylation sites (N-methyl/N-ethyl adjacent to an activating group) is 1. The number of rotatable bonds is 1. The van der Waals surface area contributed by atoms with Gasteiger partial charge in [0, 0.05) is 25.3 Å². The Labute approximate surface area is 72.8 Å². The summed E-state index contributed by atoms with van der Waals surface area (Å²) in [5.74, 6) is 0.947. The monoisotopic (exact) mass is 163 g/mol. The molecule has 0 amide bonds. The van der Waals surface area contributed by atoms with Gasteiger partial charge in [-0.2, -0.15) is 0 Å². The maximum atomic E-state index is 5.16. The van der Waals surface area contributed by atoms with Crippen LogP contribution in [0, 0.1) is 0 Å². The lowest BCUT2D eigenvalue weighted by atomic mass is 10.1. The summed E-state index contributed by atoms with van der Waals surface area (Å²) in [4.78, 5) is 2.26. The van der Waals surface area contributed by atoms with Crippen molar-refractivity contribution in [3.05, 3.63) is 23.8 Å². The van der Waals surface area contributed by atoms with Crippen molar-refractivity contribution in [2.75, 3.05) is 25.6 Å². The van der Waals surface area contributed by atoms with Gasteiger partial charge in [-0.1, -0.05) is 6.07 Å². The molecule has 1 aromatic rings. The molecule has 0 radical (unpaired) electrons. The van der Waals surface area contributed by atoms with Crippen LogP contribution in [0.3, 0.4) is 0 Å². The van der Waals surface area contributed by atoms with E-state index in [1.165, 1.54) is 11.3 Å². The molecule has 1 aromatic carbocycles. The third kappa shape index (κ3) is 1.04. The molecule has 0 bridgehead atoms. The number of anilines is 1. The highest BCUT2D eigenvalue weighted by Crippen LogP contribution is 2.30. The van der Waals surface area contributed by atoms with E-state index in [2.05, 4.69) is 24.1 Å². The summed E-state index contributed by atoms with van der Waals surface area (Å²) >= 11 is 0. The number of nitrogens with zero attached hydrogens (tertiary/aromatic N) is 1. The summed E-state index contributed by atoms with van der Waals surface area (Å²) in [5.41, 5.74) is 2.74. The van der Waals surface area contributed by atoms with E-state index in [0.717, 1.165) is 18.7 Å². The molecule has 1 aliphatic heterocycles. The summed E-state index contributed by atoms with van der Waals surface area (Å²) in [7, 11) is 3.82. The van der Waals surface area contributed by atoms with Crippen LogP contribution in [0.5, 0.6) is 5.75 Å². The zero-order valence-corrected chi connectivity index (χ0v) is 7.50. The van der Waals surface area contributed by atoms with E-state index in [1.807, 2.05) is 6.07 Å². The van der Waals surface area contributed by atoms with Crippen LogP contribution in [0.15, 0.2) is 18.2 Å². The first-order chi connectivity index (χ1) is 5.81. The first-order valence-electron chi connectivity index (χ1n) is 4.19. The highest BCUT2D eigenvalue weighted by molar-refractivity contribution is 5.60. The Morgan fingerprint density at radius 3 is 3.00 bits per heavy atom. The molecule has 0 unspecified atom stereocenters. The van der Waals surface area contributed by atoms with Crippen molar-refractivity contribution >= 4 is 5.69 Å². The van der Waals surface area contributed by atoms with Crippen LogP contribution < -0.4 is 9.64 Å². The fourth-order valence-electron chi connectivity index (χ4n) is 1.65. The minimum absolute atomic E-state index is 0.947. The van der Waals surface area contributed by atoms with E-state index in [9.17, 15) is 0 Å². The zero-order valence-electron chi connectivity index (χ0n) is 7.50. The van der Waals surface area contributed by atoms with Crippen molar-refractivity contribution in [2.24, 2.45) is 0 Å². The summed E-state index contributed by atoms with van der Waals surface area (Å²) in [6, 6.07) is 6.28. The summed E-state index contributed by atoms with van der Waals surface area (Å²) in [5, 5.41) is 0. The largest absolute Gasteiger partial charge is 0.497 e. The second-order valence-corrected chi connectivity index (χ2v) is 3.17. The molecule has 0 aliphatic carbocycles. The maximum Gasteiger partial charge on any atom is 0.120 e. The third-order valence-corrected chi connectivity index (χ3v) is 2.42. The molecule has 0 saturated carbocycles. The fraction of sp³-hybridized carbons (Fsp3) is 0.400. The van der Waals surface area contributed by atoms with Gasteiger partial charge in [0.05, 0.1) is 7.11 Å². The molecule has 2 rings (SSSR count). The Bertz CT molecular complexity index is 296. The van der Waals surface area contributed by atoms with Crippen molar-refractivity contribution in [3.8, 4) is 5.75 Å². The average molecular weight is 163 g/mol. The molecular formula is C10H13NO. The Morgan fingerprint density at radius 1 is 1.42 bits per heavy atom. The topological polar surface area (TPSA) is 12.5 Å². The van der Waals surface area contributed by atoms with E-state index in [1.54, 1.807) is 7.11 Å². The second-order valence-electron chi connectivity index (χ2n) is 3.17. The van der Waals surface area contributed by atoms with E-state index >= 15 is 0 Å². The second kappa shape index (κ2) is 2.70. The molecule has 0 N–H and O–H groups in total. The van der Waals surface area contributed by atoms with Crippen molar-refractivity contribution in [2.45, 2.75) is 6.42 Å². The number of hydrogen-bond acceptors (Lipinski definition) is 2. The minimum atomic E-state index is 0.947. The lowest BCUT2D eigenvalue weighted by molar-refractivity contribution is 0.415. The van der Waals surface area contributed by atoms with Crippen LogP contribution in [0.4, 0.5) is 5.69 Å². The molecule has 0 fully saturated rings. The SMILES string of the molecule is COc1ccc2c(c1)N(C)CC2. The van der Waals surface area contributed by atoms with Gasteiger partial charge in [-0.05, 0) is 18.1 Å². The number of methoxy groups -OCH3 is 1. The van der Waals surface area contributed by atoms with Gasteiger partial charge in [0.25, 0.3) is 0 Å². The Morgan fingerprint density at radius 2 is 2.25 bits per heavy atom. The summed E-state index contributed by atoms with van der Waals surface area (Å²) in [6.45, 7) is 1.13. The van der Waals surface area contributed by atoms with Crippen LogP contribution in [0.25, 0.3) is 0 Å². The van der Waals surface area contributed by atoms with Gasteiger partial charge in [0.1, 0.15) is 5.75 Å². The first-order valence-corrected chi connectivity index (χ1v) is 4.19. The zero-order chi connectivity index (χ0) is 8.55. The van der Waals surface area contributed by atoms with Crippen LogP contribution in [-0.2, 0) is 6.42 Å². The molecule has 64 valence electrons. The number of fused-ring (bicyclic) bond motifs is 1. The predicted octanol–water partition coefficient (Wildman–Crippen LogP) is 1.69. The van der Waals surface area contributed by atoms with E-state index in [4.69, 9.17) is 4.74 Å². The smallest absolute Gasteiger partial charge is 0.120 e. The van der Waals surface area contributed by atoms with Gasteiger partial charge in [0.2, 0.25) is 0 Å². The maximum absolute atomic E-state index is 5.16. The van der Waals surface area contributed by atoms with Crippen LogP contribution in [0.1, 0.15) is 5.56 Å². The fourth-order valence-corrected chi connectivity index (χ4v) is 1.65. The van der Waals surface area contributed by atoms with Gasteiger partial charge in [-0.3, -0.25) is 0 Å². The van der Waals surface area contributed by atoms with Crippen molar-refractivity contribution < 1.29 is 4.74 Å². The van der Waals surface area contributed by atoms with Crippen LogP contribution in [-0.4, -0.2) is 20.7 Å². The Kier molecular flexibility index (Phi) is 1.68. The third-order valence-electron chi connectivity index (χ3n) is 2.42. The van der Waals surface area contributed by atoms with Crippen LogP contribution in [0.2, 0.25) is 0 Å². The molecule has 12 heavy (non-hydrogen) atoms. The van der Waals surface area contributed by atoms with Gasteiger partial charge >= 0.3 is 0 Å². The predicted molar refractivity (Wildman–Crippen MR) is 50.0 cm³/mol. The molecule has 1 heterocycles. The molecule has 0 atom stereocenters. The van der Waals surface area contributed by atoms with Crippen molar-refractivity contribution in [1.29, 1.82) is 0 Å². The summed E-state index contributed by atoms with van der Waals surface area (Å²) < 4.78 is 5.16. The normalized spacial score (nSPS) is 14.7. The standard InChI is InChI=1S/C10H13NO/c1-11-6-5-8-3-4-9(12-2)7-10(8)11/h3-4,7H,5-6H2,1-2H3. The summed E-state index contributed by atoms with van der Waals surface area (Å²) in [6.07, 6.45) is 1.16. The Balaban J connectivity index is 2.43. The van der Waals surface area contributed by atoms with Gasteiger partial charge in [-0.25, -0.2) is 0 Å². The quantitative estimate of drug-likeness (QED) is 0.624. The number of hydrogen-bond donors (Lipinski definition) is 0. The molecule has 0 aromatic heterocycles. The molecular weight excluding hydrogens is 150 g/mol. The van der Waals surface area contributed by atoms with Crippen molar-refractivity contribution in [1.82, 2.24) is 0 Å². The average Bonchev–Trinajstić information content (AvgIpc) is 2.47. The van der Waals surface area contributed by atoms with Gasteiger partial charge < -0.3 is 9.64 Å². The number of ether oxygens (including phenoxy) is 1. The minimum Gasteiger partial charge on any atom is -0.497 e. The highest BCUT2D eigenvalue weighted by atomic mass is 16.5. The lowest BCUT2D eigenvalue weighted by Gasteiger charge is -2.12.